The van der Waals surface area contributed by atoms with Crippen LogP contribution in [0.5, 0.6) is 0 Å². The summed E-state index contributed by atoms with van der Waals surface area (Å²) < 4.78 is 0.907. The predicted octanol–water partition coefficient (Wildman–Crippen LogP) is 3.90. The smallest absolute Gasteiger partial charge is 0.325 e. The highest BCUT2D eigenvalue weighted by Gasteiger charge is 2.70. The van der Waals surface area contributed by atoms with Crippen molar-refractivity contribution in [2.24, 2.45) is 17.8 Å². The molecule has 1 saturated carbocycles. The summed E-state index contributed by atoms with van der Waals surface area (Å²) in [5.74, 6) is -3.42. The number of rotatable bonds is 5. The first-order valence-corrected chi connectivity index (χ1v) is 11.8. The molecule has 0 aromatic heterocycles. The minimum Gasteiger partial charge on any atom is -0.480 e. The van der Waals surface area contributed by atoms with Gasteiger partial charge in [-0.25, -0.2) is 0 Å². The van der Waals surface area contributed by atoms with Crippen molar-refractivity contribution in [3.05, 3.63) is 34.3 Å². The lowest BCUT2D eigenvalue weighted by molar-refractivity contribution is -0.155. The fraction of sp³-hybridized carbons (Fsp3) is 0.609. The molecule has 0 radical (unpaired) electrons. The highest BCUT2D eigenvalue weighted by Crippen LogP contribution is 2.53. The van der Waals surface area contributed by atoms with E-state index in [0.29, 0.717) is 6.42 Å². The largest absolute Gasteiger partial charge is 0.480 e. The Morgan fingerprint density at radius 1 is 1.20 bits per heavy atom. The summed E-state index contributed by atoms with van der Waals surface area (Å²) in [5, 5.41) is 13.7. The van der Waals surface area contributed by atoms with E-state index in [0.717, 1.165) is 42.1 Å². The van der Waals surface area contributed by atoms with Crippen LogP contribution >= 0.6 is 15.9 Å². The lowest BCUT2D eigenvalue weighted by Crippen LogP contribution is -2.60. The number of likely N-dealkylation sites (tertiary alicyclic amines) is 1. The normalized spacial score (nSPS) is 33.0. The highest BCUT2D eigenvalue weighted by molar-refractivity contribution is 9.10. The number of carboxylic acids is 1. The molecule has 7 heteroatoms. The van der Waals surface area contributed by atoms with Gasteiger partial charge in [-0.3, -0.25) is 24.6 Å². The number of carbonyl (C=O) groups excluding carboxylic acids is 2. The molecule has 5 unspecified atom stereocenters. The van der Waals surface area contributed by atoms with Gasteiger partial charge in [0, 0.05) is 16.6 Å². The number of nitrogens with one attached hydrogen (secondary N) is 1. The van der Waals surface area contributed by atoms with Crippen LogP contribution in [0.2, 0.25) is 0 Å². The van der Waals surface area contributed by atoms with E-state index in [4.69, 9.17) is 0 Å². The summed E-state index contributed by atoms with van der Waals surface area (Å²) in [7, 11) is 0. The van der Waals surface area contributed by atoms with E-state index in [1.54, 1.807) is 0 Å². The van der Waals surface area contributed by atoms with E-state index >= 15 is 0 Å². The number of benzene rings is 1. The van der Waals surface area contributed by atoms with Gasteiger partial charge in [0.15, 0.2) is 0 Å². The van der Waals surface area contributed by atoms with Gasteiger partial charge in [0.2, 0.25) is 11.8 Å². The maximum atomic E-state index is 13.7. The zero-order valence-electron chi connectivity index (χ0n) is 17.4. The second-order valence-electron chi connectivity index (χ2n) is 9.00. The predicted molar refractivity (Wildman–Crippen MR) is 116 cm³/mol. The molecular weight excluding hydrogens is 448 g/mol. The molecule has 6 nitrogen and oxygen atoms in total. The SMILES string of the molecule is CCC(C)C1(C(=O)O)NC(c2ccc(Br)cc2)C2C(=O)N(C3CCCCC3)C(=O)C21. The first kappa shape index (κ1) is 21.5. The van der Waals surface area contributed by atoms with Crippen molar-refractivity contribution >= 4 is 33.7 Å². The maximum absolute atomic E-state index is 13.7. The van der Waals surface area contributed by atoms with Crippen molar-refractivity contribution < 1.29 is 19.5 Å². The number of halogens is 1. The molecule has 2 amide bonds. The van der Waals surface area contributed by atoms with Crippen LogP contribution in [-0.2, 0) is 14.4 Å². The van der Waals surface area contributed by atoms with Crippen molar-refractivity contribution in [3.8, 4) is 0 Å². The molecule has 0 spiro atoms. The average Bonchev–Trinajstić information content (AvgIpc) is 3.23. The maximum Gasteiger partial charge on any atom is 0.325 e. The standard InChI is InChI=1S/C23H29BrN2O4/c1-3-13(2)23(22(29)30)18-17(19(25-23)14-9-11-15(24)12-10-14)20(27)26(21(18)28)16-7-5-4-6-8-16/h9-13,16-19,25H,3-8H2,1-2H3,(H,29,30). The highest BCUT2D eigenvalue weighted by atomic mass is 79.9. The Morgan fingerprint density at radius 3 is 2.40 bits per heavy atom. The number of amides is 2. The fourth-order valence-electron chi connectivity index (χ4n) is 5.80. The molecule has 30 heavy (non-hydrogen) atoms. The van der Waals surface area contributed by atoms with Crippen LogP contribution in [0.15, 0.2) is 28.7 Å². The monoisotopic (exact) mass is 476 g/mol. The average molecular weight is 477 g/mol. The van der Waals surface area contributed by atoms with Gasteiger partial charge in [-0.1, -0.05) is 67.6 Å². The summed E-state index contributed by atoms with van der Waals surface area (Å²) >= 11 is 3.43. The van der Waals surface area contributed by atoms with Gasteiger partial charge < -0.3 is 5.11 Å². The molecule has 162 valence electrons. The molecule has 3 fully saturated rings. The van der Waals surface area contributed by atoms with Crippen LogP contribution in [0.3, 0.4) is 0 Å². The van der Waals surface area contributed by atoms with E-state index in [1.807, 2.05) is 38.1 Å². The summed E-state index contributed by atoms with van der Waals surface area (Å²) in [5.41, 5.74) is -0.612. The number of carboxylic acid groups (broad SMARTS) is 1. The lowest BCUT2D eigenvalue weighted by Gasteiger charge is -2.37. The van der Waals surface area contributed by atoms with Gasteiger partial charge in [0.25, 0.3) is 0 Å². The molecule has 2 aliphatic heterocycles. The number of nitrogens with zero attached hydrogens (tertiary/aromatic N) is 1. The summed E-state index contributed by atoms with van der Waals surface area (Å²) in [6.07, 6.45) is 5.35. The first-order valence-electron chi connectivity index (χ1n) is 11.0. The van der Waals surface area contributed by atoms with Gasteiger partial charge >= 0.3 is 5.97 Å². The number of hydrogen-bond donors (Lipinski definition) is 2. The van der Waals surface area contributed by atoms with Crippen LogP contribution in [0.4, 0.5) is 0 Å². The molecular formula is C23H29BrN2O4. The zero-order chi connectivity index (χ0) is 21.6. The minimum atomic E-state index is -1.45. The number of aliphatic carboxylic acids is 1. The molecule has 1 aliphatic carbocycles. The minimum absolute atomic E-state index is 0.0988. The van der Waals surface area contributed by atoms with E-state index in [-0.39, 0.29) is 23.8 Å². The van der Waals surface area contributed by atoms with Gasteiger partial charge in [0.1, 0.15) is 5.54 Å². The van der Waals surface area contributed by atoms with Crippen molar-refractivity contribution in [3.63, 3.8) is 0 Å². The van der Waals surface area contributed by atoms with Crippen LogP contribution in [0.1, 0.15) is 64.0 Å². The molecule has 5 atom stereocenters. The third kappa shape index (κ3) is 3.12. The van der Waals surface area contributed by atoms with Gasteiger partial charge in [-0.2, -0.15) is 0 Å². The van der Waals surface area contributed by atoms with Crippen LogP contribution in [0, 0.1) is 17.8 Å². The summed E-state index contributed by atoms with van der Waals surface area (Å²) in [4.78, 5) is 41.4. The molecule has 1 aromatic rings. The van der Waals surface area contributed by atoms with Gasteiger partial charge in [-0.15, -0.1) is 0 Å². The second-order valence-corrected chi connectivity index (χ2v) is 9.91. The molecule has 2 N–H and O–H groups in total. The first-order chi connectivity index (χ1) is 14.3. The van der Waals surface area contributed by atoms with Gasteiger partial charge in [0.05, 0.1) is 11.8 Å². The number of hydrogen-bond acceptors (Lipinski definition) is 4. The number of carbonyl (C=O) groups is 3. The summed E-state index contributed by atoms with van der Waals surface area (Å²) in [6.45, 7) is 3.79. The Labute approximate surface area is 185 Å². The summed E-state index contributed by atoms with van der Waals surface area (Å²) in [6, 6.07) is 6.96. The quantitative estimate of drug-likeness (QED) is 0.629. The van der Waals surface area contributed by atoms with Crippen molar-refractivity contribution in [1.82, 2.24) is 10.2 Å². The molecule has 0 bridgehead atoms. The Balaban J connectivity index is 1.82. The van der Waals surface area contributed by atoms with Crippen LogP contribution in [-0.4, -0.2) is 39.4 Å². The second kappa shape index (κ2) is 8.08. The zero-order valence-corrected chi connectivity index (χ0v) is 19.0. The van der Waals surface area contributed by atoms with E-state index in [2.05, 4.69) is 21.2 Å². The van der Waals surface area contributed by atoms with E-state index in [9.17, 15) is 19.5 Å². The molecule has 1 aromatic carbocycles. The lowest BCUT2D eigenvalue weighted by atomic mass is 9.72. The van der Waals surface area contributed by atoms with Crippen molar-refractivity contribution in [1.29, 1.82) is 0 Å². The van der Waals surface area contributed by atoms with E-state index < -0.39 is 29.4 Å². The number of imide groups is 1. The van der Waals surface area contributed by atoms with Crippen LogP contribution in [0.25, 0.3) is 0 Å². The Hall–Kier alpha value is -1.73. The molecule has 4 rings (SSSR count). The Bertz CT molecular complexity index is 851. The van der Waals surface area contributed by atoms with Crippen molar-refractivity contribution in [2.45, 2.75) is 70.0 Å². The topological polar surface area (TPSA) is 86.7 Å². The van der Waals surface area contributed by atoms with Crippen molar-refractivity contribution in [2.75, 3.05) is 0 Å². The van der Waals surface area contributed by atoms with Gasteiger partial charge in [-0.05, 0) is 36.5 Å². The molecule has 3 aliphatic rings. The Kier molecular flexibility index (Phi) is 5.79. The molecule has 2 saturated heterocycles. The Morgan fingerprint density at radius 2 is 1.83 bits per heavy atom. The fourth-order valence-corrected chi connectivity index (χ4v) is 6.07. The third-order valence-corrected chi connectivity index (χ3v) is 8.07. The molecule has 2 heterocycles. The third-order valence-electron chi connectivity index (χ3n) is 7.54. The van der Waals surface area contributed by atoms with E-state index in [1.165, 1.54) is 4.90 Å². The number of fused-ring (bicyclic) bond motifs is 1. The van der Waals surface area contributed by atoms with Crippen LogP contribution < -0.4 is 5.32 Å².